The van der Waals surface area contributed by atoms with Crippen molar-refractivity contribution < 1.29 is 19.4 Å². The molecule has 0 aliphatic heterocycles. The predicted octanol–water partition coefficient (Wildman–Crippen LogP) is -0.736. The number of hydrogen-bond donors (Lipinski definition) is 2. The van der Waals surface area contributed by atoms with Gasteiger partial charge < -0.3 is 15.2 Å². The zero-order valence-electron chi connectivity index (χ0n) is 7.41. The first-order chi connectivity index (χ1) is 6.02. The number of alkyl halides is 1. The standard InChI is InChI=1S/C7H12ClNO4/c1-4(10)6(7(12)13-2)9-5(11)3-8/h4,6,10H,3H2,1-2H3,(H,9,11)/t4-,6+/m0/s1. The van der Waals surface area contributed by atoms with Crippen LogP contribution in [0, 0.1) is 0 Å². The Morgan fingerprint density at radius 2 is 2.15 bits per heavy atom. The minimum Gasteiger partial charge on any atom is -0.467 e. The number of carbonyl (C=O) groups is 2. The zero-order valence-corrected chi connectivity index (χ0v) is 8.17. The van der Waals surface area contributed by atoms with Crippen LogP contribution in [0.5, 0.6) is 0 Å². The third kappa shape index (κ3) is 4.10. The van der Waals surface area contributed by atoms with Crippen LogP contribution in [-0.2, 0) is 14.3 Å². The van der Waals surface area contributed by atoms with E-state index in [1.165, 1.54) is 14.0 Å². The molecular formula is C7H12ClNO4. The topological polar surface area (TPSA) is 75.6 Å². The fourth-order valence-electron chi connectivity index (χ4n) is 0.715. The number of halogens is 1. The lowest BCUT2D eigenvalue weighted by atomic mass is 10.2. The van der Waals surface area contributed by atoms with Gasteiger partial charge >= 0.3 is 5.97 Å². The highest BCUT2D eigenvalue weighted by molar-refractivity contribution is 6.27. The maximum absolute atomic E-state index is 11.0. The molecule has 0 aromatic heterocycles. The first kappa shape index (κ1) is 12.2. The number of hydrogen-bond acceptors (Lipinski definition) is 4. The highest BCUT2D eigenvalue weighted by atomic mass is 35.5. The Morgan fingerprint density at radius 1 is 1.62 bits per heavy atom. The van der Waals surface area contributed by atoms with E-state index >= 15 is 0 Å². The smallest absolute Gasteiger partial charge is 0.331 e. The van der Waals surface area contributed by atoms with Crippen LogP contribution >= 0.6 is 11.6 Å². The fourth-order valence-corrected chi connectivity index (χ4v) is 0.793. The van der Waals surface area contributed by atoms with Crippen molar-refractivity contribution in [1.82, 2.24) is 5.32 Å². The van der Waals surface area contributed by atoms with Gasteiger partial charge in [-0.2, -0.15) is 0 Å². The van der Waals surface area contributed by atoms with Gasteiger partial charge in [0.05, 0.1) is 13.2 Å². The molecule has 0 spiro atoms. The summed E-state index contributed by atoms with van der Waals surface area (Å²) >= 11 is 5.20. The van der Waals surface area contributed by atoms with Crippen LogP contribution < -0.4 is 5.32 Å². The third-order valence-corrected chi connectivity index (χ3v) is 1.62. The number of nitrogens with one attached hydrogen (secondary N) is 1. The summed E-state index contributed by atoms with van der Waals surface area (Å²) in [5.74, 6) is -1.49. The Hall–Kier alpha value is -0.810. The lowest BCUT2D eigenvalue weighted by molar-refractivity contribution is -0.147. The number of carbonyl (C=O) groups excluding carboxylic acids is 2. The summed E-state index contributed by atoms with van der Waals surface area (Å²) in [7, 11) is 1.17. The van der Waals surface area contributed by atoms with Crippen LogP contribution in [0.15, 0.2) is 0 Å². The van der Waals surface area contributed by atoms with Gasteiger partial charge in [0.25, 0.3) is 0 Å². The molecule has 0 saturated carbocycles. The molecule has 0 saturated heterocycles. The van der Waals surface area contributed by atoms with Crippen LogP contribution in [-0.4, -0.2) is 42.1 Å². The van der Waals surface area contributed by atoms with E-state index < -0.39 is 24.0 Å². The molecule has 0 aliphatic carbocycles. The van der Waals surface area contributed by atoms with Crippen molar-refractivity contribution in [3.8, 4) is 0 Å². The van der Waals surface area contributed by atoms with Crippen LogP contribution in [0.1, 0.15) is 6.92 Å². The molecule has 2 N–H and O–H groups in total. The molecule has 0 aromatic rings. The molecule has 0 radical (unpaired) electrons. The van der Waals surface area contributed by atoms with E-state index in [4.69, 9.17) is 16.7 Å². The lowest BCUT2D eigenvalue weighted by Gasteiger charge is -2.17. The van der Waals surface area contributed by atoms with Crippen molar-refractivity contribution in [2.75, 3.05) is 13.0 Å². The van der Waals surface area contributed by atoms with Crippen molar-refractivity contribution in [3.05, 3.63) is 0 Å². The van der Waals surface area contributed by atoms with Crippen molar-refractivity contribution in [3.63, 3.8) is 0 Å². The molecule has 5 nitrogen and oxygen atoms in total. The summed E-state index contributed by atoms with van der Waals surface area (Å²) in [5.41, 5.74) is 0. The van der Waals surface area contributed by atoms with Gasteiger partial charge in [-0.15, -0.1) is 11.6 Å². The molecule has 0 unspecified atom stereocenters. The molecular weight excluding hydrogens is 198 g/mol. The van der Waals surface area contributed by atoms with Crippen LogP contribution in [0.2, 0.25) is 0 Å². The Labute approximate surface area is 81.0 Å². The number of aliphatic hydroxyl groups excluding tert-OH is 1. The first-order valence-corrected chi connectivity index (χ1v) is 4.17. The first-order valence-electron chi connectivity index (χ1n) is 3.64. The van der Waals surface area contributed by atoms with Gasteiger partial charge in [0.2, 0.25) is 5.91 Å². The SMILES string of the molecule is COC(=O)[C@H](NC(=O)CCl)[C@H](C)O. The average molecular weight is 210 g/mol. The van der Waals surface area contributed by atoms with E-state index in [9.17, 15) is 9.59 Å². The Kier molecular flexibility index (Phi) is 5.41. The molecule has 13 heavy (non-hydrogen) atoms. The van der Waals surface area contributed by atoms with Crippen molar-refractivity contribution in [1.29, 1.82) is 0 Å². The number of rotatable bonds is 4. The van der Waals surface area contributed by atoms with E-state index in [0.717, 1.165) is 0 Å². The summed E-state index contributed by atoms with van der Waals surface area (Å²) in [6.07, 6.45) is -1.01. The number of methoxy groups -OCH3 is 1. The van der Waals surface area contributed by atoms with Crippen LogP contribution in [0.3, 0.4) is 0 Å². The van der Waals surface area contributed by atoms with Crippen LogP contribution in [0.25, 0.3) is 0 Å². The monoisotopic (exact) mass is 209 g/mol. The zero-order chi connectivity index (χ0) is 10.4. The van der Waals surface area contributed by atoms with Crippen LogP contribution in [0.4, 0.5) is 0 Å². The van der Waals surface area contributed by atoms with Gasteiger partial charge in [-0.1, -0.05) is 0 Å². The molecule has 0 aliphatic rings. The quantitative estimate of drug-likeness (QED) is 0.473. The second-order valence-electron chi connectivity index (χ2n) is 2.44. The molecule has 0 rings (SSSR count). The van der Waals surface area contributed by atoms with Crippen molar-refractivity contribution in [2.24, 2.45) is 0 Å². The predicted molar refractivity (Wildman–Crippen MR) is 46.3 cm³/mol. The summed E-state index contributed by atoms with van der Waals surface area (Å²) < 4.78 is 4.36. The van der Waals surface area contributed by atoms with Crippen molar-refractivity contribution >= 4 is 23.5 Å². The number of esters is 1. The molecule has 0 heterocycles. The summed E-state index contributed by atoms with van der Waals surface area (Å²) in [4.78, 5) is 21.7. The molecule has 76 valence electrons. The average Bonchev–Trinajstić information content (AvgIpc) is 2.11. The van der Waals surface area contributed by atoms with Gasteiger partial charge in [-0.05, 0) is 6.92 Å². The van der Waals surface area contributed by atoms with E-state index in [1.54, 1.807) is 0 Å². The summed E-state index contributed by atoms with van der Waals surface area (Å²) in [6, 6.07) is -1.06. The highest BCUT2D eigenvalue weighted by Gasteiger charge is 2.25. The Morgan fingerprint density at radius 3 is 2.46 bits per heavy atom. The molecule has 1 amide bonds. The maximum Gasteiger partial charge on any atom is 0.331 e. The Bertz CT molecular complexity index is 195. The minimum atomic E-state index is -1.06. The van der Waals surface area contributed by atoms with E-state index in [2.05, 4.69) is 10.1 Å². The lowest BCUT2D eigenvalue weighted by Crippen LogP contribution is -2.48. The third-order valence-electron chi connectivity index (χ3n) is 1.38. The number of ether oxygens (including phenoxy) is 1. The normalized spacial score (nSPS) is 14.5. The highest BCUT2D eigenvalue weighted by Crippen LogP contribution is 1.95. The minimum absolute atomic E-state index is 0.264. The van der Waals surface area contributed by atoms with Gasteiger partial charge in [0.15, 0.2) is 6.04 Å². The second kappa shape index (κ2) is 5.77. The summed E-state index contributed by atoms with van der Waals surface area (Å²) in [5, 5.41) is 11.3. The Balaban J connectivity index is 4.26. The largest absolute Gasteiger partial charge is 0.467 e. The molecule has 0 aromatic carbocycles. The maximum atomic E-state index is 11.0. The number of amides is 1. The molecule has 6 heteroatoms. The van der Waals surface area contributed by atoms with Gasteiger partial charge in [-0.25, -0.2) is 4.79 Å². The second-order valence-corrected chi connectivity index (χ2v) is 2.71. The van der Waals surface area contributed by atoms with Gasteiger partial charge in [0, 0.05) is 0 Å². The van der Waals surface area contributed by atoms with Crippen molar-refractivity contribution in [2.45, 2.75) is 19.1 Å². The van der Waals surface area contributed by atoms with Gasteiger partial charge in [-0.3, -0.25) is 4.79 Å². The van der Waals surface area contributed by atoms with E-state index in [-0.39, 0.29) is 5.88 Å². The number of aliphatic hydroxyl groups is 1. The van der Waals surface area contributed by atoms with Gasteiger partial charge in [0.1, 0.15) is 5.88 Å². The van der Waals surface area contributed by atoms with E-state index in [1.807, 2.05) is 0 Å². The summed E-state index contributed by atoms with van der Waals surface area (Å²) in [6.45, 7) is 1.37. The molecule has 0 fully saturated rings. The van der Waals surface area contributed by atoms with E-state index in [0.29, 0.717) is 0 Å². The molecule has 0 bridgehead atoms. The fraction of sp³-hybridized carbons (Fsp3) is 0.714. The molecule has 2 atom stereocenters.